The Kier molecular flexibility index (Phi) is 5.26. The molecule has 0 fully saturated rings. The van der Waals surface area contributed by atoms with E-state index >= 15 is 0 Å². The molecule has 5 aromatic rings. The summed E-state index contributed by atoms with van der Waals surface area (Å²) in [5, 5.41) is 9.16. The molecule has 35 heavy (non-hydrogen) atoms. The van der Waals surface area contributed by atoms with Crippen LogP contribution in [0.4, 0.5) is 32.0 Å². The number of nitrogens with one attached hydrogen (secondary N) is 2. The van der Waals surface area contributed by atoms with Gasteiger partial charge in [-0.2, -0.15) is 31.4 Å². The van der Waals surface area contributed by atoms with Crippen molar-refractivity contribution in [3.8, 4) is 11.1 Å². The third kappa shape index (κ3) is 4.20. The first-order chi connectivity index (χ1) is 16.5. The van der Waals surface area contributed by atoms with Gasteiger partial charge in [0, 0.05) is 22.7 Å². The van der Waals surface area contributed by atoms with Gasteiger partial charge in [-0.15, -0.1) is 0 Å². The van der Waals surface area contributed by atoms with E-state index in [1.807, 2.05) is 31.2 Å². The fourth-order valence-electron chi connectivity index (χ4n) is 4.18. The SMILES string of the molecule is CCc1[nH]nc2cc(-c3cccc4c3ccn4Nc3cc(C(F)(F)F)cc(C(F)(F)F)c3)ccc12. The first-order valence-electron chi connectivity index (χ1n) is 10.7. The molecule has 2 heterocycles. The molecule has 2 N–H and O–H groups in total. The van der Waals surface area contributed by atoms with Crippen molar-refractivity contribution < 1.29 is 26.3 Å². The number of halogens is 6. The molecule has 0 spiro atoms. The molecule has 0 atom stereocenters. The van der Waals surface area contributed by atoms with Crippen LogP contribution in [0.1, 0.15) is 23.7 Å². The van der Waals surface area contributed by atoms with Gasteiger partial charge in [-0.1, -0.05) is 31.2 Å². The van der Waals surface area contributed by atoms with Crippen LogP contribution < -0.4 is 5.43 Å². The molecule has 0 unspecified atom stereocenters. The number of nitrogens with zero attached hydrogens (tertiary/aromatic N) is 2. The zero-order valence-corrected chi connectivity index (χ0v) is 18.2. The zero-order chi connectivity index (χ0) is 25.0. The smallest absolute Gasteiger partial charge is 0.294 e. The molecule has 0 saturated heterocycles. The van der Waals surface area contributed by atoms with Gasteiger partial charge in [-0.05, 0) is 53.9 Å². The lowest BCUT2D eigenvalue weighted by Crippen LogP contribution is -2.14. The van der Waals surface area contributed by atoms with Gasteiger partial charge in [0.2, 0.25) is 0 Å². The van der Waals surface area contributed by atoms with Crippen LogP contribution in [-0.4, -0.2) is 14.9 Å². The van der Waals surface area contributed by atoms with Crippen LogP contribution in [0, 0.1) is 0 Å². The lowest BCUT2D eigenvalue weighted by atomic mass is 10.00. The second kappa shape index (κ2) is 8.07. The maximum atomic E-state index is 13.2. The third-order valence-electron chi connectivity index (χ3n) is 5.87. The van der Waals surface area contributed by atoms with Crippen molar-refractivity contribution in [2.75, 3.05) is 5.43 Å². The molecule has 0 aliphatic heterocycles. The average Bonchev–Trinajstić information content (AvgIpc) is 3.41. The fraction of sp³-hybridized carbons (Fsp3) is 0.160. The van der Waals surface area contributed by atoms with Gasteiger partial charge in [0.25, 0.3) is 0 Å². The molecule has 4 nitrogen and oxygen atoms in total. The van der Waals surface area contributed by atoms with E-state index in [1.54, 1.807) is 24.4 Å². The van der Waals surface area contributed by atoms with E-state index in [4.69, 9.17) is 0 Å². The molecule has 0 aliphatic rings. The van der Waals surface area contributed by atoms with E-state index in [9.17, 15) is 26.3 Å². The highest BCUT2D eigenvalue weighted by Gasteiger charge is 2.37. The molecule has 180 valence electrons. The Bertz CT molecular complexity index is 1510. The van der Waals surface area contributed by atoms with Crippen molar-refractivity contribution in [3.05, 3.63) is 83.7 Å². The van der Waals surface area contributed by atoms with E-state index in [2.05, 4.69) is 15.6 Å². The van der Waals surface area contributed by atoms with Crippen molar-refractivity contribution >= 4 is 27.5 Å². The van der Waals surface area contributed by atoms with Crippen LogP contribution in [-0.2, 0) is 18.8 Å². The molecule has 0 radical (unpaired) electrons. The predicted molar refractivity (Wildman–Crippen MR) is 122 cm³/mol. The van der Waals surface area contributed by atoms with Crippen LogP contribution in [0.25, 0.3) is 32.9 Å². The molecule has 0 amide bonds. The topological polar surface area (TPSA) is 45.6 Å². The van der Waals surface area contributed by atoms with Gasteiger partial charge >= 0.3 is 12.4 Å². The highest BCUT2D eigenvalue weighted by Crippen LogP contribution is 2.38. The summed E-state index contributed by atoms with van der Waals surface area (Å²) in [5.74, 6) is 0. The number of anilines is 1. The lowest BCUT2D eigenvalue weighted by molar-refractivity contribution is -0.143. The number of fused-ring (bicyclic) bond motifs is 2. The number of aromatic nitrogens is 3. The van der Waals surface area contributed by atoms with Crippen LogP contribution in [0.3, 0.4) is 0 Å². The number of aromatic amines is 1. The molecule has 0 aliphatic carbocycles. The van der Waals surface area contributed by atoms with E-state index in [-0.39, 0.29) is 11.8 Å². The highest BCUT2D eigenvalue weighted by atomic mass is 19.4. The summed E-state index contributed by atoms with van der Waals surface area (Å²) in [6, 6.07) is 14.4. The Morgan fingerprint density at radius 1 is 0.857 bits per heavy atom. The number of rotatable bonds is 4. The summed E-state index contributed by atoms with van der Waals surface area (Å²) in [7, 11) is 0. The second-order valence-corrected chi connectivity index (χ2v) is 8.12. The number of H-pyrrole nitrogens is 1. The van der Waals surface area contributed by atoms with Gasteiger partial charge in [-0.25, -0.2) is 0 Å². The highest BCUT2D eigenvalue weighted by molar-refractivity contribution is 5.98. The van der Waals surface area contributed by atoms with E-state index in [0.717, 1.165) is 39.5 Å². The largest absolute Gasteiger partial charge is 0.416 e. The standard InChI is InChI=1S/C25H18F6N4/c1-2-21-20-7-6-14(10-22(20)33-32-21)18-4-3-5-23-19(18)8-9-35(23)34-17-12-15(24(26,27)28)11-16(13-17)25(29,30)31/h3-13,34H,2H2,1H3,(H,32,33). The number of hydrogen-bond acceptors (Lipinski definition) is 2. The van der Waals surface area contributed by atoms with Crippen LogP contribution in [0.15, 0.2) is 66.9 Å². The Labute approximate surface area is 195 Å². The van der Waals surface area contributed by atoms with Gasteiger partial charge in [0.1, 0.15) is 0 Å². The number of benzene rings is 3. The fourth-order valence-corrected chi connectivity index (χ4v) is 4.18. The Hall–Kier alpha value is -3.95. The molecular formula is C25H18F6N4. The van der Waals surface area contributed by atoms with Crippen molar-refractivity contribution in [1.29, 1.82) is 0 Å². The Morgan fingerprint density at radius 2 is 1.57 bits per heavy atom. The zero-order valence-electron chi connectivity index (χ0n) is 18.2. The predicted octanol–water partition coefficient (Wildman–Crippen LogP) is 7.66. The van der Waals surface area contributed by atoms with Gasteiger partial charge < -0.3 is 0 Å². The number of hydrogen-bond donors (Lipinski definition) is 2. The molecular weight excluding hydrogens is 470 g/mol. The summed E-state index contributed by atoms with van der Waals surface area (Å²) in [6.45, 7) is 2.03. The minimum Gasteiger partial charge on any atom is -0.294 e. The maximum Gasteiger partial charge on any atom is 0.416 e. The number of alkyl halides is 6. The molecule has 5 rings (SSSR count). The molecule has 3 aromatic carbocycles. The first-order valence-corrected chi connectivity index (χ1v) is 10.7. The summed E-state index contributed by atoms with van der Waals surface area (Å²) in [5.41, 5.74) is 3.72. The van der Waals surface area contributed by atoms with Crippen molar-refractivity contribution in [1.82, 2.24) is 14.9 Å². The molecule has 10 heteroatoms. The van der Waals surface area contributed by atoms with E-state index in [0.29, 0.717) is 17.6 Å². The molecule has 0 saturated carbocycles. The average molecular weight is 488 g/mol. The normalized spacial score (nSPS) is 12.5. The van der Waals surface area contributed by atoms with Crippen LogP contribution in [0.5, 0.6) is 0 Å². The van der Waals surface area contributed by atoms with Gasteiger partial charge in [0.15, 0.2) is 0 Å². The first kappa shape index (κ1) is 22.8. The third-order valence-corrected chi connectivity index (χ3v) is 5.87. The van der Waals surface area contributed by atoms with Gasteiger partial charge in [-0.3, -0.25) is 15.2 Å². The Balaban J connectivity index is 1.56. The summed E-state index contributed by atoms with van der Waals surface area (Å²) in [6.07, 6.45) is -7.48. The minimum atomic E-state index is -4.92. The minimum absolute atomic E-state index is 0.103. The van der Waals surface area contributed by atoms with Crippen molar-refractivity contribution in [2.45, 2.75) is 25.7 Å². The summed E-state index contributed by atoms with van der Waals surface area (Å²) < 4.78 is 80.8. The van der Waals surface area contributed by atoms with E-state index in [1.165, 1.54) is 4.68 Å². The van der Waals surface area contributed by atoms with E-state index < -0.39 is 23.5 Å². The van der Waals surface area contributed by atoms with Crippen LogP contribution >= 0.6 is 0 Å². The molecule has 2 aromatic heterocycles. The molecule has 0 bridgehead atoms. The van der Waals surface area contributed by atoms with Crippen LogP contribution in [0.2, 0.25) is 0 Å². The quantitative estimate of drug-likeness (QED) is 0.255. The Morgan fingerprint density at radius 3 is 2.23 bits per heavy atom. The van der Waals surface area contributed by atoms with Crippen molar-refractivity contribution in [2.24, 2.45) is 0 Å². The number of aryl methyl sites for hydroxylation is 1. The summed E-state index contributed by atoms with van der Waals surface area (Å²) >= 11 is 0. The lowest BCUT2D eigenvalue weighted by Gasteiger charge is -2.16. The monoisotopic (exact) mass is 488 g/mol. The second-order valence-electron chi connectivity index (χ2n) is 8.12. The maximum absolute atomic E-state index is 13.2. The van der Waals surface area contributed by atoms with Gasteiger partial charge in [0.05, 0.1) is 27.8 Å². The van der Waals surface area contributed by atoms with Crippen molar-refractivity contribution in [3.63, 3.8) is 0 Å². The summed E-state index contributed by atoms with van der Waals surface area (Å²) in [4.78, 5) is 0.